The predicted molar refractivity (Wildman–Crippen MR) is 188 cm³/mol. The molecule has 0 N–H and O–H groups in total. The molecule has 4 nitrogen and oxygen atoms in total. The van der Waals surface area contributed by atoms with Crippen LogP contribution in [0.25, 0.3) is 53.4 Å². The molecule has 2 unspecified atom stereocenters. The van der Waals surface area contributed by atoms with Crippen LogP contribution in [0.5, 0.6) is 0 Å². The monoisotopic (exact) mass is 594 g/mol. The van der Waals surface area contributed by atoms with Crippen molar-refractivity contribution >= 4 is 70.7 Å². The van der Waals surface area contributed by atoms with Crippen molar-refractivity contribution in [1.82, 2.24) is 14.5 Å². The number of benzene rings is 5. The van der Waals surface area contributed by atoms with E-state index in [0.717, 1.165) is 16.2 Å². The molecule has 4 heterocycles. The number of rotatable bonds is 3. The van der Waals surface area contributed by atoms with Crippen molar-refractivity contribution in [3.05, 3.63) is 157 Å². The number of hydrogen-bond donors (Lipinski definition) is 0. The summed E-state index contributed by atoms with van der Waals surface area (Å²) in [6, 6.07) is 43.6. The van der Waals surface area contributed by atoms with Gasteiger partial charge in [0.15, 0.2) is 0 Å². The molecule has 3 aromatic heterocycles. The lowest BCUT2D eigenvalue weighted by atomic mass is 9.86. The highest BCUT2D eigenvalue weighted by Crippen LogP contribution is 2.49. The Bertz CT molecular complexity index is 2520. The van der Waals surface area contributed by atoms with Gasteiger partial charge in [-0.1, -0.05) is 97.1 Å². The maximum absolute atomic E-state index is 5.17. The standard InChI is InChI=1S/C40H26N4S/c1-2-10-27(11-3-1)43-33-15-7-4-12-28(33)31-22-25(18-20-35(31)43)26-19-21-36-32(23-26)29-13-5-8-16-34(29)44(36)40-41-24-38-39(42-40)30-14-6-9-17-37(30)45-38/h1-24,32,36H. The van der Waals surface area contributed by atoms with E-state index in [1.807, 2.05) is 6.20 Å². The van der Waals surface area contributed by atoms with Gasteiger partial charge in [-0.15, -0.1) is 11.3 Å². The number of nitrogens with zero attached hydrogens (tertiary/aromatic N) is 4. The lowest BCUT2D eigenvalue weighted by Crippen LogP contribution is -2.30. The van der Waals surface area contributed by atoms with Gasteiger partial charge in [0.2, 0.25) is 5.95 Å². The topological polar surface area (TPSA) is 34.0 Å². The molecule has 2 aliphatic rings. The van der Waals surface area contributed by atoms with E-state index < -0.39 is 0 Å². The van der Waals surface area contributed by atoms with E-state index in [-0.39, 0.29) is 12.0 Å². The van der Waals surface area contributed by atoms with Gasteiger partial charge in [0.1, 0.15) is 0 Å². The smallest absolute Gasteiger partial charge is 0.231 e. The average Bonchev–Trinajstić information content (AvgIpc) is 3.75. The van der Waals surface area contributed by atoms with E-state index in [1.54, 1.807) is 11.3 Å². The van der Waals surface area contributed by atoms with E-state index in [4.69, 9.17) is 9.97 Å². The van der Waals surface area contributed by atoms with Gasteiger partial charge in [-0.25, -0.2) is 9.97 Å². The fourth-order valence-corrected chi connectivity index (χ4v) is 8.41. The van der Waals surface area contributed by atoms with Crippen LogP contribution in [0.1, 0.15) is 17.0 Å². The Morgan fingerprint density at radius 3 is 2.38 bits per heavy atom. The normalized spacial score (nSPS) is 17.3. The first-order chi connectivity index (χ1) is 22.3. The van der Waals surface area contributed by atoms with Crippen LogP contribution >= 0.6 is 11.3 Å². The van der Waals surface area contributed by atoms with Gasteiger partial charge in [-0.2, -0.15) is 0 Å². The predicted octanol–water partition coefficient (Wildman–Crippen LogP) is 10.2. The molecule has 45 heavy (non-hydrogen) atoms. The van der Waals surface area contributed by atoms with Gasteiger partial charge in [0.25, 0.3) is 0 Å². The molecule has 10 rings (SSSR count). The van der Waals surface area contributed by atoms with Crippen molar-refractivity contribution in [3.8, 4) is 5.69 Å². The number of anilines is 2. The van der Waals surface area contributed by atoms with Gasteiger partial charge < -0.3 is 9.47 Å². The minimum absolute atomic E-state index is 0.109. The third-order valence-electron chi connectivity index (χ3n) is 9.39. The van der Waals surface area contributed by atoms with Crippen molar-refractivity contribution in [1.29, 1.82) is 0 Å². The Hall–Kier alpha value is -5.52. The third-order valence-corrected chi connectivity index (χ3v) is 10.5. The molecule has 0 radical (unpaired) electrons. The van der Waals surface area contributed by atoms with Gasteiger partial charge in [0, 0.05) is 38.2 Å². The summed E-state index contributed by atoms with van der Waals surface area (Å²) in [6.07, 6.45) is 9.07. The summed E-state index contributed by atoms with van der Waals surface area (Å²) in [5, 5.41) is 3.72. The van der Waals surface area contributed by atoms with E-state index in [9.17, 15) is 0 Å². The average molecular weight is 595 g/mol. The number of aromatic nitrogens is 3. The Labute approximate surface area is 263 Å². The summed E-state index contributed by atoms with van der Waals surface area (Å²) in [6.45, 7) is 0. The van der Waals surface area contributed by atoms with Crippen molar-refractivity contribution in [2.45, 2.75) is 12.0 Å². The molecule has 5 heteroatoms. The fraction of sp³-hybridized carbons (Fsp3) is 0.0500. The molecule has 0 bridgehead atoms. The number of allylic oxidation sites excluding steroid dienone is 2. The van der Waals surface area contributed by atoms with Gasteiger partial charge in [-0.05, 0) is 59.2 Å². The van der Waals surface area contributed by atoms with E-state index in [0.29, 0.717) is 0 Å². The van der Waals surface area contributed by atoms with Crippen LogP contribution in [0.4, 0.5) is 11.6 Å². The van der Waals surface area contributed by atoms with Crippen LogP contribution in [-0.4, -0.2) is 20.6 Å². The summed E-state index contributed by atoms with van der Waals surface area (Å²) in [5.41, 5.74) is 9.60. The Morgan fingerprint density at radius 2 is 1.44 bits per heavy atom. The zero-order chi connectivity index (χ0) is 29.5. The Balaban J connectivity index is 1.09. The van der Waals surface area contributed by atoms with Gasteiger partial charge in [-0.3, -0.25) is 0 Å². The van der Waals surface area contributed by atoms with Crippen LogP contribution in [-0.2, 0) is 0 Å². The first-order valence-corrected chi connectivity index (χ1v) is 16.1. The molecular weight excluding hydrogens is 569 g/mol. The van der Waals surface area contributed by atoms with Crippen LogP contribution in [0.2, 0.25) is 0 Å². The van der Waals surface area contributed by atoms with Crippen molar-refractivity contribution in [2.24, 2.45) is 0 Å². The molecule has 0 amide bonds. The fourth-order valence-electron chi connectivity index (χ4n) is 7.40. The van der Waals surface area contributed by atoms with Crippen LogP contribution in [0.3, 0.4) is 0 Å². The maximum atomic E-state index is 5.17. The van der Waals surface area contributed by atoms with Crippen LogP contribution in [0, 0.1) is 0 Å². The molecule has 8 aromatic rings. The van der Waals surface area contributed by atoms with Crippen molar-refractivity contribution in [3.63, 3.8) is 0 Å². The minimum Gasteiger partial charge on any atom is -0.309 e. The Morgan fingerprint density at radius 1 is 0.667 bits per heavy atom. The number of para-hydroxylation sites is 3. The maximum Gasteiger partial charge on any atom is 0.231 e. The molecule has 2 atom stereocenters. The van der Waals surface area contributed by atoms with Crippen molar-refractivity contribution in [2.75, 3.05) is 4.90 Å². The molecule has 0 spiro atoms. The molecule has 1 aliphatic heterocycles. The van der Waals surface area contributed by atoms with Gasteiger partial charge in [0.05, 0.1) is 33.5 Å². The highest BCUT2D eigenvalue weighted by atomic mass is 32.1. The lowest BCUT2D eigenvalue weighted by molar-refractivity contribution is 0.733. The molecule has 1 aliphatic carbocycles. The first-order valence-electron chi connectivity index (χ1n) is 15.3. The zero-order valence-electron chi connectivity index (χ0n) is 24.2. The van der Waals surface area contributed by atoms with Crippen LogP contribution in [0.15, 0.2) is 146 Å². The third kappa shape index (κ3) is 3.65. The second-order valence-electron chi connectivity index (χ2n) is 11.8. The highest BCUT2D eigenvalue weighted by Gasteiger charge is 2.39. The molecule has 0 saturated heterocycles. The highest BCUT2D eigenvalue weighted by molar-refractivity contribution is 7.25. The second-order valence-corrected chi connectivity index (χ2v) is 12.9. The minimum atomic E-state index is 0.109. The number of hydrogen-bond acceptors (Lipinski definition) is 4. The summed E-state index contributed by atoms with van der Waals surface area (Å²) < 4.78 is 4.73. The summed E-state index contributed by atoms with van der Waals surface area (Å²) in [5.74, 6) is 0.948. The molecule has 0 saturated carbocycles. The molecular formula is C40H26N4S. The second kappa shape index (κ2) is 9.49. The quantitative estimate of drug-likeness (QED) is 0.204. The van der Waals surface area contributed by atoms with E-state index >= 15 is 0 Å². The summed E-state index contributed by atoms with van der Waals surface area (Å²) >= 11 is 1.75. The largest absolute Gasteiger partial charge is 0.309 e. The summed E-state index contributed by atoms with van der Waals surface area (Å²) in [4.78, 5) is 12.4. The molecule has 0 fully saturated rings. The first kappa shape index (κ1) is 24.9. The van der Waals surface area contributed by atoms with Crippen molar-refractivity contribution < 1.29 is 0 Å². The van der Waals surface area contributed by atoms with E-state index in [2.05, 4.69) is 149 Å². The Kier molecular flexibility index (Phi) is 5.24. The van der Waals surface area contributed by atoms with Crippen LogP contribution < -0.4 is 4.90 Å². The lowest BCUT2D eigenvalue weighted by Gasteiger charge is -2.28. The number of fused-ring (bicyclic) bond motifs is 9. The molecule has 5 aromatic carbocycles. The number of thiophene rings is 1. The SMILES string of the molecule is C1=CC2C(C=C1c1ccc3c(c1)c1ccccc1n3-c1ccccc1)c1ccccc1N2c1ncc2sc3ccccc3c2n1. The zero-order valence-corrected chi connectivity index (χ0v) is 25.0. The molecule has 212 valence electrons. The van der Waals surface area contributed by atoms with Gasteiger partial charge >= 0.3 is 0 Å². The van der Waals surface area contributed by atoms with E-state index in [1.165, 1.54) is 60.0 Å². The summed E-state index contributed by atoms with van der Waals surface area (Å²) in [7, 11) is 0.